The molecule has 0 radical (unpaired) electrons. The molecule has 1 unspecified atom stereocenters. The Morgan fingerprint density at radius 2 is 2.20 bits per heavy atom. The van der Waals surface area contributed by atoms with E-state index in [0.717, 1.165) is 12.8 Å². The molecule has 0 saturated carbocycles. The molecule has 0 aliphatic heterocycles. The Bertz CT molecular complexity index is 266. The van der Waals surface area contributed by atoms with Crippen LogP contribution in [0.3, 0.4) is 0 Å². The number of rotatable bonds is 6. The third-order valence-electron chi connectivity index (χ3n) is 1.82. The van der Waals surface area contributed by atoms with Gasteiger partial charge in [0, 0.05) is 6.54 Å². The van der Waals surface area contributed by atoms with Crippen molar-refractivity contribution in [3.63, 3.8) is 0 Å². The van der Waals surface area contributed by atoms with E-state index in [0.29, 0.717) is 12.4 Å². The first-order chi connectivity index (χ1) is 6.86. The van der Waals surface area contributed by atoms with E-state index in [-0.39, 0.29) is 0 Å². The summed E-state index contributed by atoms with van der Waals surface area (Å²) in [6, 6.07) is 0. The van der Waals surface area contributed by atoms with E-state index in [9.17, 15) is 4.79 Å². The van der Waals surface area contributed by atoms with Crippen molar-refractivity contribution in [3.05, 3.63) is 12.2 Å². The number of nitrogens with two attached hydrogens (primary N) is 2. The van der Waals surface area contributed by atoms with E-state index in [4.69, 9.17) is 16.6 Å². The summed E-state index contributed by atoms with van der Waals surface area (Å²) < 4.78 is 0. The molecule has 0 amide bonds. The van der Waals surface area contributed by atoms with E-state index in [1.54, 1.807) is 13.0 Å². The molecule has 0 aromatic heterocycles. The first-order valence-corrected chi connectivity index (χ1v) is 4.83. The van der Waals surface area contributed by atoms with Crippen molar-refractivity contribution in [2.75, 3.05) is 6.54 Å². The fourth-order valence-electron chi connectivity index (χ4n) is 0.864. The second-order valence-corrected chi connectivity index (χ2v) is 3.66. The third-order valence-corrected chi connectivity index (χ3v) is 1.82. The van der Waals surface area contributed by atoms with Crippen molar-refractivity contribution in [1.29, 1.82) is 0 Å². The lowest BCUT2D eigenvalue weighted by atomic mass is 10.0. The smallest absolute Gasteiger partial charge is 0.327 e. The quantitative estimate of drug-likeness (QED) is 0.259. The lowest BCUT2D eigenvalue weighted by Gasteiger charge is -2.12. The maximum absolute atomic E-state index is 10.6. The van der Waals surface area contributed by atoms with Crippen molar-refractivity contribution in [2.24, 2.45) is 16.5 Å². The highest BCUT2D eigenvalue weighted by atomic mass is 16.4. The average molecular weight is 213 g/mol. The second-order valence-electron chi connectivity index (χ2n) is 3.66. The SMILES string of the molecule is CC(N)=NCCC/C=C/C(C)(N)C(=O)O. The molecule has 5 nitrogen and oxygen atoms in total. The van der Waals surface area contributed by atoms with Crippen LogP contribution < -0.4 is 11.5 Å². The van der Waals surface area contributed by atoms with Gasteiger partial charge in [-0.25, -0.2) is 4.79 Å². The summed E-state index contributed by atoms with van der Waals surface area (Å²) in [6.45, 7) is 3.84. The minimum Gasteiger partial charge on any atom is -0.480 e. The Morgan fingerprint density at radius 1 is 1.60 bits per heavy atom. The molecule has 0 rings (SSSR count). The van der Waals surface area contributed by atoms with Crippen LogP contribution in [-0.4, -0.2) is 29.0 Å². The van der Waals surface area contributed by atoms with Crippen LogP contribution in [0.1, 0.15) is 26.7 Å². The zero-order chi connectivity index (χ0) is 11.9. The molecule has 86 valence electrons. The van der Waals surface area contributed by atoms with E-state index in [1.807, 2.05) is 0 Å². The largest absolute Gasteiger partial charge is 0.480 e. The van der Waals surface area contributed by atoms with Crippen LogP contribution >= 0.6 is 0 Å². The number of carbonyl (C=O) groups is 1. The molecule has 0 aromatic rings. The Labute approximate surface area is 89.9 Å². The maximum Gasteiger partial charge on any atom is 0.327 e. The number of carboxylic acids is 1. The molecular formula is C10H19N3O2. The predicted octanol–water partition coefficient (Wildman–Crippen LogP) is 0.502. The highest BCUT2D eigenvalue weighted by Crippen LogP contribution is 2.03. The molecule has 5 N–H and O–H groups in total. The van der Waals surface area contributed by atoms with E-state index < -0.39 is 11.5 Å². The molecule has 0 aliphatic rings. The Balaban J connectivity index is 3.82. The Hall–Kier alpha value is -1.36. The summed E-state index contributed by atoms with van der Waals surface area (Å²) in [5.41, 5.74) is 9.55. The van der Waals surface area contributed by atoms with Gasteiger partial charge >= 0.3 is 5.97 Å². The molecule has 0 aliphatic carbocycles. The highest BCUT2D eigenvalue weighted by Gasteiger charge is 2.23. The Morgan fingerprint density at radius 3 is 2.67 bits per heavy atom. The fourth-order valence-corrected chi connectivity index (χ4v) is 0.864. The fraction of sp³-hybridized carbons (Fsp3) is 0.600. The zero-order valence-corrected chi connectivity index (χ0v) is 9.23. The van der Waals surface area contributed by atoms with Gasteiger partial charge in [0.25, 0.3) is 0 Å². The minimum atomic E-state index is -1.28. The first-order valence-electron chi connectivity index (χ1n) is 4.83. The van der Waals surface area contributed by atoms with Gasteiger partial charge in [0.1, 0.15) is 5.54 Å². The van der Waals surface area contributed by atoms with Gasteiger partial charge in [0.05, 0.1) is 5.84 Å². The zero-order valence-electron chi connectivity index (χ0n) is 9.23. The molecular weight excluding hydrogens is 194 g/mol. The van der Waals surface area contributed by atoms with Gasteiger partial charge in [-0.1, -0.05) is 12.2 Å². The summed E-state index contributed by atoms with van der Waals surface area (Å²) in [6.07, 6.45) is 4.83. The monoisotopic (exact) mass is 213 g/mol. The summed E-state index contributed by atoms with van der Waals surface area (Å²) >= 11 is 0. The number of allylic oxidation sites excluding steroid dienone is 1. The highest BCUT2D eigenvalue weighted by molar-refractivity contribution is 5.80. The number of unbranched alkanes of at least 4 members (excludes halogenated alkanes) is 1. The topological polar surface area (TPSA) is 102 Å². The average Bonchev–Trinajstić information content (AvgIpc) is 2.10. The first kappa shape index (κ1) is 13.6. The number of hydrogen-bond donors (Lipinski definition) is 3. The lowest BCUT2D eigenvalue weighted by molar-refractivity contribution is -0.140. The molecule has 0 bridgehead atoms. The summed E-state index contributed by atoms with van der Waals surface area (Å²) in [7, 11) is 0. The van der Waals surface area contributed by atoms with Gasteiger partial charge in [-0.2, -0.15) is 0 Å². The summed E-state index contributed by atoms with van der Waals surface area (Å²) in [5, 5.41) is 8.70. The molecule has 0 spiro atoms. The number of nitrogens with zero attached hydrogens (tertiary/aromatic N) is 1. The molecule has 1 atom stereocenters. The van der Waals surface area contributed by atoms with Gasteiger partial charge in [-0.05, 0) is 26.7 Å². The normalized spacial score (nSPS) is 16.6. The second kappa shape index (κ2) is 6.19. The van der Waals surface area contributed by atoms with Crippen molar-refractivity contribution in [3.8, 4) is 0 Å². The summed E-state index contributed by atoms with van der Waals surface area (Å²) in [4.78, 5) is 14.6. The van der Waals surface area contributed by atoms with Crippen LogP contribution in [0.2, 0.25) is 0 Å². The van der Waals surface area contributed by atoms with Crippen LogP contribution in [0, 0.1) is 0 Å². The van der Waals surface area contributed by atoms with Crippen molar-refractivity contribution in [1.82, 2.24) is 0 Å². The molecule has 0 saturated heterocycles. The molecule has 0 fully saturated rings. The van der Waals surface area contributed by atoms with Crippen molar-refractivity contribution < 1.29 is 9.90 Å². The molecule has 0 aromatic carbocycles. The van der Waals surface area contributed by atoms with E-state index in [1.165, 1.54) is 13.0 Å². The maximum atomic E-state index is 10.6. The van der Waals surface area contributed by atoms with Gasteiger partial charge in [-0.15, -0.1) is 0 Å². The van der Waals surface area contributed by atoms with Crippen LogP contribution in [0.15, 0.2) is 17.1 Å². The van der Waals surface area contributed by atoms with Crippen molar-refractivity contribution in [2.45, 2.75) is 32.2 Å². The molecule has 0 heterocycles. The third kappa shape index (κ3) is 6.68. The number of aliphatic carboxylic acids is 1. The number of hydrogen-bond acceptors (Lipinski definition) is 3. The molecule has 5 heteroatoms. The summed E-state index contributed by atoms with van der Waals surface area (Å²) in [5.74, 6) is -0.470. The van der Waals surface area contributed by atoms with Gasteiger partial charge in [-0.3, -0.25) is 4.99 Å². The number of aliphatic imine (C=N–C) groups is 1. The van der Waals surface area contributed by atoms with Crippen molar-refractivity contribution >= 4 is 11.8 Å². The standard InChI is InChI=1S/C10H19N3O2/c1-8(11)13-7-5-3-4-6-10(2,12)9(14)15/h4,6H,3,5,7,12H2,1-2H3,(H2,11,13)(H,14,15)/b6-4+. The van der Waals surface area contributed by atoms with Gasteiger partial charge in [0.15, 0.2) is 0 Å². The van der Waals surface area contributed by atoms with Crippen LogP contribution in [0.5, 0.6) is 0 Å². The van der Waals surface area contributed by atoms with Crippen LogP contribution in [-0.2, 0) is 4.79 Å². The Kier molecular flexibility index (Phi) is 5.62. The van der Waals surface area contributed by atoms with E-state index in [2.05, 4.69) is 4.99 Å². The minimum absolute atomic E-state index is 0.563. The van der Waals surface area contributed by atoms with E-state index >= 15 is 0 Å². The van der Waals surface area contributed by atoms with Crippen LogP contribution in [0.25, 0.3) is 0 Å². The predicted molar refractivity (Wildman–Crippen MR) is 60.8 cm³/mol. The molecule has 15 heavy (non-hydrogen) atoms. The van der Waals surface area contributed by atoms with Crippen LogP contribution in [0.4, 0.5) is 0 Å². The number of amidine groups is 1. The lowest BCUT2D eigenvalue weighted by Crippen LogP contribution is -2.42. The van der Waals surface area contributed by atoms with Gasteiger partial charge < -0.3 is 16.6 Å². The number of carboxylic acid groups (broad SMARTS) is 1. The van der Waals surface area contributed by atoms with Gasteiger partial charge in [0.2, 0.25) is 0 Å².